The normalized spacial score (nSPS) is 15.3. The molecule has 6 nitrogen and oxygen atoms in total. The molecule has 1 aromatic rings. The number of rotatable bonds is 6. The summed E-state index contributed by atoms with van der Waals surface area (Å²) in [7, 11) is 0. The van der Waals surface area contributed by atoms with Crippen molar-refractivity contribution in [2.75, 3.05) is 13.2 Å². The van der Waals surface area contributed by atoms with Crippen LogP contribution in [0.5, 0.6) is 0 Å². The van der Waals surface area contributed by atoms with Crippen molar-refractivity contribution in [2.24, 2.45) is 0 Å². The second-order valence-corrected chi connectivity index (χ2v) is 5.03. The molecule has 0 radical (unpaired) electrons. The molecule has 1 fully saturated rings. The second-order valence-electron chi connectivity index (χ2n) is 5.03. The third-order valence-corrected chi connectivity index (χ3v) is 3.19. The Kier molecular flexibility index (Phi) is 6.86. The lowest BCUT2D eigenvalue weighted by atomic mass is 10.2. The molecule has 0 aromatic heterocycles. The Morgan fingerprint density at radius 3 is 2.64 bits per heavy atom. The lowest BCUT2D eigenvalue weighted by Gasteiger charge is -2.22. The number of nitrogens with one attached hydrogen (secondary N) is 1. The zero-order valence-corrected chi connectivity index (χ0v) is 12.5. The molecule has 0 atom stereocenters. The standard InChI is InChI=1S/C16H21NO5/c18-14(8-4-9-15-20-10-5-11-21-15)17-16(19)22-12-13-6-2-1-3-7-13/h1-3,6-7,15H,4-5,8-12H2,(H,17,18,19). The maximum atomic E-state index is 11.6. The monoisotopic (exact) mass is 307 g/mol. The Bertz CT molecular complexity index is 471. The smallest absolute Gasteiger partial charge is 0.414 e. The van der Waals surface area contributed by atoms with Gasteiger partial charge in [-0.25, -0.2) is 4.79 Å². The molecular weight excluding hydrogens is 286 g/mol. The Morgan fingerprint density at radius 1 is 1.18 bits per heavy atom. The van der Waals surface area contributed by atoms with Gasteiger partial charge in [0.05, 0.1) is 13.2 Å². The zero-order chi connectivity index (χ0) is 15.6. The van der Waals surface area contributed by atoms with Crippen LogP contribution in [0.25, 0.3) is 0 Å². The van der Waals surface area contributed by atoms with Crippen molar-refractivity contribution in [1.29, 1.82) is 0 Å². The minimum atomic E-state index is -0.723. The van der Waals surface area contributed by atoms with Gasteiger partial charge in [0.1, 0.15) is 6.61 Å². The van der Waals surface area contributed by atoms with Gasteiger partial charge in [-0.15, -0.1) is 0 Å². The van der Waals surface area contributed by atoms with Crippen LogP contribution in [0.1, 0.15) is 31.2 Å². The van der Waals surface area contributed by atoms with Gasteiger partial charge in [-0.05, 0) is 24.8 Å². The SMILES string of the molecule is O=C(CCCC1OCCCO1)NC(=O)OCc1ccccc1. The van der Waals surface area contributed by atoms with E-state index in [2.05, 4.69) is 5.32 Å². The van der Waals surface area contributed by atoms with E-state index in [9.17, 15) is 9.59 Å². The van der Waals surface area contributed by atoms with Crippen LogP contribution >= 0.6 is 0 Å². The van der Waals surface area contributed by atoms with Crippen molar-refractivity contribution in [3.63, 3.8) is 0 Å². The number of carbonyl (C=O) groups excluding carboxylic acids is 2. The summed E-state index contributed by atoms with van der Waals surface area (Å²) in [4.78, 5) is 23.1. The lowest BCUT2D eigenvalue weighted by Crippen LogP contribution is -2.31. The summed E-state index contributed by atoms with van der Waals surface area (Å²) in [5, 5.41) is 2.21. The van der Waals surface area contributed by atoms with Crippen LogP contribution in [-0.2, 0) is 25.6 Å². The van der Waals surface area contributed by atoms with Gasteiger partial charge in [0.15, 0.2) is 6.29 Å². The third kappa shape index (κ3) is 6.24. The Morgan fingerprint density at radius 2 is 1.91 bits per heavy atom. The summed E-state index contributed by atoms with van der Waals surface area (Å²) in [6.07, 6.45) is 1.44. The molecular formula is C16H21NO5. The van der Waals surface area contributed by atoms with Crippen molar-refractivity contribution in [3.05, 3.63) is 35.9 Å². The van der Waals surface area contributed by atoms with E-state index >= 15 is 0 Å². The van der Waals surface area contributed by atoms with Gasteiger partial charge in [-0.3, -0.25) is 10.1 Å². The Labute approximate surface area is 129 Å². The predicted octanol–water partition coefficient (Wildman–Crippen LogP) is 2.37. The van der Waals surface area contributed by atoms with Gasteiger partial charge >= 0.3 is 6.09 Å². The highest BCUT2D eigenvalue weighted by molar-refractivity contribution is 5.91. The average molecular weight is 307 g/mol. The Hall–Kier alpha value is -1.92. The topological polar surface area (TPSA) is 73.9 Å². The van der Waals surface area contributed by atoms with Crippen LogP contribution in [0, 0.1) is 0 Å². The largest absolute Gasteiger partial charge is 0.444 e. The van der Waals surface area contributed by atoms with Crippen LogP contribution < -0.4 is 5.32 Å². The second kappa shape index (κ2) is 9.17. The molecule has 1 aromatic carbocycles. The van der Waals surface area contributed by atoms with Crippen LogP contribution in [0.2, 0.25) is 0 Å². The molecule has 0 spiro atoms. The van der Waals surface area contributed by atoms with E-state index in [1.807, 2.05) is 30.3 Å². The molecule has 2 rings (SSSR count). The molecule has 2 amide bonds. The number of alkyl carbamates (subject to hydrolysis) is 1. The molecule has 120 valence electrons. The maximum absolute atomic E-state index is 11.6. The number of hydrogen-bond donors (Lipinski definition) is 1. The molecule has 1 aliphatic heterocycles. The first-order chi connectivity index (χ1) is 10.7. The molecule has 6 heteroatoms. The highest BCUT2D eigenvalue weighted by Gasteiger charge is 2.15. The van der Waals surface area contributed by atoms with E-state index in [0.29, 0.717) is 26.1 Å². The third-order valence-electron chi connectivity index (χ3n) is 3.19. The molecule has 0 saturated carbocycles. The van der Waals surface area contributed by atoms with E-state index in [4.69, 9.17) is 14.2 Å². The molecule has 0 aliphatic carbocycles. The van der Waals surface area contributed by atoms with Gasteiger partial charge in [0, 0.05) is 6.42 Å². The summed E-state index contributed by atoms with van der Waals surface area (Å²) in [5.74, 6) is -0.353. The van der Waals surface area contributed by atoms with E-state index < -0.39 is 6.09 Å². The molecule has 0 bridgehead atoms. The first kappa shape index (κ1) is 16.5. The summed E-state index contributed by atoms with van der Waals surface area (Å²) in [5.41, 5.74) is 0.872. The van der Waals surface area contributed by atoms with E-state index in [1.54, 1.807) is 0 Å². The molecule has 1 aliphatic rings. The molecule has 0 unspecified atom stereocenters. The van der Waals surface area contributed by atoms with Crippen LogP contribution in [0.3, 0.4) is 0 Å². The number of amides is 2. The summed E-state index contributed by atoms with van der Waals surface area (Å²) in [6, 6.07) is 9.29. The number of benzene rings is 1. The number of carbonyl (C=O) groups is 2. The summed E-state index contributed by atoms with van der Waals surface area (Å²) >= 11 is 0. The van der Waals surface area contributed by atoms with Crippen LogP contribution in [-0.4, -0.2) is 31.5 Å². The van der Waals surface area contributed by atoms with Crippen molar-refractivity contribution in [3.8, 4) is 0 Å². The fraction of sp³-hybridized carbons (Fsp3) is 0.500. The van der Waals surface area contributed by atoms with Gasteiger partial charge in [0.25, 0.3) is 0 Å². The number of ether oxygens (including phenoxy) is 3. The fourth-order valence-electron chi connectivity index (χ4n) is 2.07. The predicted molar refractivity (Wildman–Crippen MR) is 78.9 cm³/mol. The maximum Gasteiger partial charge on any atom is 0.414 e. The van der Waals surface area contributed by atoms with Crippen molar-refractivity contribution < 1.29 is 23.8 Å². The molecule has 1 heterocycles. The van der Waals surface area contributed by atoms with Crippen molar-refractivity contribution in [1.82, 2.24) is 5.32 Å². The average Bonchev–Trinajstić information content (AvgIpc) is 2.55. The quantitative estimate of drug-likeness (QED) is 0.873. The van der Waals surface area contributed by atoms with Gasteiger partial charge in [0.2, 0.25) is 5.91 Å². The highest BCUT2D eigenvalue weighted by Crippen LogP contribution is 2.11. The molecule has 1 N–H and O–H groups in total. The first-order valence-corrected chi connectivity index (χ1v) is 7.48. The lowest BCUT2D eigenvalue weighted by molar-refractivity contribution is -0.181. The first-order valence-electron chi connectivity index (χ1n) is 7.48. The van der Waals surface area contributed by atoms with Gasteiger partial charge < -0.3 is 14.2 Å². The van der Waals surface area contributed by atoms with Crippen LogP contribution in [0.4, 0.5) is 4.79 Å². The van der Waals surface area contributed by atoms with Crippen molar-refractivity contribution in [2.45, 2.75) is 38.6 Å². The summed E-state index contributed by atoms with van der Waals surface area (Å²) in [6.45, 7) is 1.54. The number of imide groups is 1. The summed E-state index contributed by atoms with van der Waals surface area (Å²) < 4.78 is 15.7. The van der Waals surface area contributed by atoms with E-state index in [0.717, 1.165) is 12.0 Å². The van der Waals surface area contributed by atoms with Crippen molar-refractivity contribution >= 4 is 12.0 Å². The van der Waals surface area contributed by atoms with Gasteiger partial charge in [-0.1, -0.05) is 30.3 Å². The fourth-order valence-corrected chi connectivity index (χ4v) is 2.07. The minimum Gasteiger partial charge on any atom is -0.444 e. The van der Waals surface area contributed by atoms with E-state index in [1.165, 1.54) is 0 Å². The van der Waals surface area contributed by atoms with Crippen LogP contribution in [0.15, 0.2) is 30.3 Å². The highest BCUT2D eigenvalue weighted by atomic mass is 16.7. The zero-order valence-electron chi connectivity index (χ0n) is 12.5. The minimum absolute atomic E-state index is 0.143. The Balaban J connectivity index is 1.56. The molecule has 1 saturated heterocycles. The van der Waals surface area contributed by atoms with Gasteiger partial charge in [-0.2, -0.15) is 0 Å². The number of hydrogen-bond acceptors (Lipinski definition) is 5. The van der Waals surface area contributed by atoms with E-state index in [-0.39, 0.29) is 25.2 Å². The molecule has 22 heavy (non-hydrogen) atoms.